The van der Waals surface area contributed by atoms with Crippen LogP contribution in [0.5, 0.6) is 11.5 Å². The average Bonchev–Trinajstić information content (AvgIpc) is 3.48. The summed E-state index contributed by atoms with van der Waals surface area (Å²) in [5, 5.41) is 15.7. The minimum atomic E-state index is -0.502. The molecule has 2 aromatic carbocycles. The molecule has 0 radical (unpaired) electrons. The predicted molar refractivity (Wildman–Crippen MR) is 185 cm³/mol. The predicted octanol–water partition coefficient (Wildman–Crippen LogP) is 6.36. The number of rotatable bonds is 8. The van der Waals surface area contributed by atoms with Crippen LogP contribution in [0, 0.1) is 28.5 Å². The number of nitrogens with two attached hydrogens (primary N) is 1. The molecular weight excluding hydrogens is 621 g/mol. The van der Waals surface area contributed by atoms with Crippen LogP contribution in [0.3, 0.4) is 0 Å². The fraction of sp³-hybridized carbons (Fsp3) is 0.421. The number of hydrogen-bond donors (Lipinski definition) is 1. The Morgan fingerprint density at radius 3 is 2.53 bits per heavy atom. The number of pyridine rings is 1. The number of carbonyl (C=O) groups is 1. The number of amides is 1. The fourth-order valence-corrected chi connectivity index (χ4v) is 7.54. The maximum atomic E-state index is 15.7. The van der Waals surface area contributed by atoms with Crippen LogP contribution in [-0.2, 0) is 9.53 Å². The van der Waals surface area contributed by atoms with E-state index in [1.165, 1.54) is 6.07 Å². The molecule has 11 heteroatoms. The monoisotopic (exact) mass is 663 g/mol. The highest BCUT2D eigenvalue weighted by molar-refractivity contribution is 6.00. The van der Waals surface area contributed by atoms with Crippen molar-refractivity contribution in [3.63, 3.8) is 0 Å². The Labute approximate surface area is 285 Å². The Kier molecular flexibility index (Phi) is 9.09. The van der Waals surface area contributed by atoms with E-state index in [1.54, 1.807) is 35.4 Å². The molecule has 1 atom stereocenters. The third-order valence-electron chi connectivity index (χ3n) is 10.4. The van der Waals surface area contributed by atoms with E-state index in [1.807, 2.05) is 35.0 Å². The Morgan fingerprint density at radius 1 is 1.06 bits per heavy atom. The lowest BCUT2D eigenvalue weighted by Gasteiger charge is -2.44. The normalized spacial score (nSPS) is 19.8. The zero-order valence-electron chi connectivity index (χ0n) is 28.0. The van der Waals surface area contributed by atoms with Crippen LogP contribution in [0.25, 0.3) is 22.2 Å². The summed E-state index contributed by atoms with van der Waals surface area (Å²) in [4.78, 5) is 22.4. The van der Waals surface area contributed by atoms with Gasteiger partial charge in [-0.25, -0.2) is 9.37 Å². The van der Waals surface area contributed by atoms with Gasteiger partial charge >= 0.3 is 0 Å². The van der Waals surface area contributed by atoms with Gasteiger partial charge in [-0.05, 0) is 80.4 Å². The van der Waals surface area contributed by atoms with E-state index in [4.69, 9.17) is 20.3 Å². The maximum absolute atomic E-state index is 15.7. The molecule has 2 N–H and O–H groups in total. The number of halogens is 1. The molecule has 0 bridgehead atoms. The van der Waals surface area contributed by atoms with Crippen LogP contribution in [0.15, 0.2) is 72.4 Å². The molecule has 10 nitrogen and oxygen atoms in total. The van der Waals surface area contributed by atoms with Crippen molar-refractivity contribution in [1.29, 1.82) is 5.26 Å². The van der Waals surface area contributed by atoms with E-state index in [2.05, 4.69) is 29.8 Å². The van der Waals surface area contributed by atoms with Gasteiger partial charge in [0.05, 0.1) is 36.2 Å². The van der Waals surface area contributed by atoms with Crippen molar-refractivity contribution in [2.75, 3.05) is 45.1 Å². The van der Waals surface area contributed by atoms with Crippen molar-refractivity contribution in [2.45, 2.75) is 51.6 Å². The summed E-state index contributed by atoms with van der Waals surface area (Å²) in [5.41, 5.74) is 7.62. The van der Waals surface area contributed by atoms with E-state index in [9.17, 15) is 10.1 Å². The van der Waals surface area contributed by atoms with Crippen molar-refractivity contribution in [2.24, 2.45) is 11.3 Å². The standard InChI is InChI=1S/C38H42FN7O3/c1-38(2,26-13-17-44(18-14-26)28-23-48-24-28)20-25(21-40)37(47)45-16-6-7-27(22-45)46-33-12-15-42-36(41)34(33)35(43-46)31-11-10-30(19-32(31)39)49-29-8-4-3-5-9-29/h3-5,8-12,15,19-20,26-28H,6-7,13-14,16-18,22-24H2,1-2H3,(H2,41,42)/t27-/m1/s1. The van der Waals surface area contributed by atoms with Crippen molar-refractivity contribution in [3.8, 4) is 28.8 Å². The maximum Gasteiger partial charge on any atom is 0.264 e. The number of anilines is 1. The number of nitrogens with zero attached hydrogens (tertiary/aromatic N) is 6. The number of nitrogen functional groups attached to an aromatic ring is 1. The molecule has 0 unspecified atom stereocenters. The first-order valence-electron chi connectivity index (χ1n) is 17.1. The van der Waals surface area contributed by atoms with Gasteiger partial charge in [-0.1, -0.05) is 38.1 Å². The number of piperidine rings is 2. The van der Waals surface area contributed by atoms with E-state index in [0.717, 1.165) is 52.0 Å². The molecule has 0 aliphatic carbocycles. The molecule has 3 saturated heterocycles. The van der Waals surface area contributed by atoms with Gasteiger partial charge in [0, 0.05) is 30.9 Å². The molecule has 1 amide bonds. The Hall–Kier alpha value is -4.79. The lowest BCUT2D eigenvalue weighted by atomic mass is 9.72. The van der Waals surface area contributed by atoms with Crippen LogP contribution in [0.4, 0.5) is 10.2 Å². The molecule has 0 saturated carbocycles. The van der Waals surface area contributed by atoms with E-state index in [0.29, 0.717) is 53.1 Å². The molecule has 2 aromatic heterocycles. The van der Waals surface area contributed by atoms with Crippen LogP contribution in [-0.4, -0.2) is 75.9 Å². The summed E-state index contributed by atoms with van der Waals surface area (Å²) in [6.45, 7) is 8.83. The quantitative estimate of drug-likeness (QED) is 0.171. The second-order valence-electron chi connectivity index (χ2n) is 14.0. The molecule has 3 aliphatic heterocycles. The molecule has 254 valence electrons. The highest BCUT2D eigenvalue weighted by Gasteiger charge is 2.37. The van der Waals surface area contributed by atoms with Gasteiger partial charge < -0.3 is 20.1 Å². The Balaban J connectivity index is 1.11. The van der Waals surface area contributed by atoms with Crippen molar-refractivity contribution < 1.29 is 18.7 Å². The second-order valence-corrected chi connectivity index (χ2v) is 14.0. The molecule has 3 aliphatic rings. The van der Waals surface area contributed by atoms with Gasteiger partial charge in [0.25, 0.3) is 5.91 Å². The summed E-state index contributed by atoms with van der Waals surface area (Å²) in [7, 11) is 0. The van der Waals surface area contributed by atoms with Crippen molar-refractivity contribution in [3.05, 3.63) is 78.3 Å². The van der Waals surface area contributed by atoms with Crippen LogP contribution in [0.1, 0.15) is 45.6 Å². The van der Waals surface area contributed by atoms with E-state index >= 15 is 4.39 Å². The third-order valence-corrected chi connectivity index (χ3v) is 10.4. The number of hydrogen-bond acceptors (Lipinski definition) is 8. The number of benzene rings is 2. The summed E-state index contributed by atoms with van der Waals surface area (Å²) in [6, 6.07) is 18.2. The fourth-order valence-electron chi connectivity index (χ4n) is 7.54. The molecule has 3 fully saturated rings. The van der Waals surface area contributed by atoms with Gasteiger partial charge in [-0.3, -0.25) is 14.4 Å². The highest BCUT2D eigenvalue weighted by atomic mass is 19.1. The van der Waals surface area contributed by atoms with Gasteiger partial charge in [-0.2, -0.15) is 10.4 Å². The van der Waals surface area contributed by atoms with E-state index in [-0.39, 0.29) is 34.3 Å². The summed E-state index contributed by atoms with van der Waals surface area (Å²) < 4.78 is 28.8. The Morgan fingerprint density at radius 2 is 1.84 bits per heavy atom. The molecule has 5 heterocycles. The molecular formula is C38H42FN7O3. The number of carbonyl (C=O) groups excluding carboxylic acids is 1. The lowest BCUT2D eigenvalue weighted by Crippen LogP contribution is -2.52. The number of nitriles is 1. The summed E-state index contributed by atoms with van der Waals surface area (Å²) in [5.74, 6) is 0.827. The summed E-state index contributed by atoms with van der Waals surface area (Å²) in [6.07, 6.45) is 7.05. The van der Waals surface area contributed by atoms with Crippen molar-refractivity contribution >= 4 is 22.6 Å². The lowest BCUT2D eigenvalue weighted by molar-refractivity contribution is -0.128. The average molecular weight is 664 g/mol. The molecule has 49 heavy (non-hydrogen) atoms. The molecule has 0 spiro atoms. The Bertz CT molecular complexity index is 1910. The number of para-hydroxylation sites is 1. The van der Waals surface area contributed by atoms with Gasteiger partial charge in [-0.15, -0.1) is 0 Å². The summed E-state index contributed by atoms with van der Waals surface area (Å²) >= 11 is 0. The molecule has 4 aromatic rings. The topological polar surface area (TPSA) is 123 Å². The molecule has 7 rings (SSSR count). The highest BCUT2D eigenvalue weighted by Crippen LogP contribution is 2.40. The zero-order valence-corrected chi connectivity index (χ0v) is 28.0. The number of aromatic nitrogens is 3. The SMILES string of the molecule is CC(C)(C=C(C#N)C(=O)N1CCC[C@@H](n2nc(-c3ccc(Oc4ccccc4)cc3F)c3c(N)nccc32)C1)C1CCN(C2COC2)CC1. The first-order valence-corrected chi connectivity index (χ1v) is 17.1. The minimum absolute atomic E-state index is 0.180. The smallest absolute Gasteiger partial charge is 0.264 e. The number of fused-ring (bicyclic) bond motifs is 1. The van der Waals surface area contributed by atoms with Gasteiger partial charge in [0.2, 0.25) is 0 Å². The largest absolute Gasteiger partial charge is 0.457 e. The number of likely N-dealkylation sites (tertiary alicyclic amines) is 2. The zero-order chi connectivity index (χ0) is 34.1. The third kappa shape index (κ3) is 6.63. The van der Waals surface area contributed by atoms with E-state index < -0.39 is 5.82 Å². The van der Waals surface area contributed by atoms with Crippen LogP contribution >= 0.6 is 0 Å². The first kappa shape index (κ1) is 32.7. The van der Waals surface area contributed by atoms with Crippen LogP contribution in [0.2, 0.25) is 0 Å². The minimum Gasteiger partial charge on any atom is -0.457 e. The first-order chi connectivity index (χ1) is 23.7. The number of ether oxygens (including phenoxy) is 2. The van der Waals surface area contributed by atoms with Crippen molar-refractivity contribution in [1.82, 2.24) is 24.6 Å². The van der Waals surface area contributed by atoms with Gasteiger partial charge in [0.1, 0.15) is 40.5 Å². The number of allylic oxidation sites excluding steroid dienone is 1. The van der Waals surface area contributed by atoms with Crippen LogP contribution < -0.4 is 10.5 Å². The second kappa shape index (κ2) is 13.6. The van der Waals surface area contributed by atoms with Gasteiger partial charge in [0.15, 0.2) is 0 Å².